The topological polar surface area (TPSA) is 70.6 Å². The van der Waals surface area contributed by atoms with E-state index >= 15 is 0 Å². The summed E-state index contributed by atoms with van der Waals surface area (Å²) in [4.78, 5) is 11.9. The molecular formula is C18H22N2O3. The molecule has 0 radical (unpaired) electrons. The molecule has 0 aliphatic rings. The maximum atomic E-state index is 11.9. The first-order valence-electron chi connectivity index (χ1n) is 7.54. The quantitative estimate of drug-likeness (QED) is 0.764. The Kier molecular flexibility index (Phi) is 6.00. The standard InChI is InChI=1S/C18H22N2O3/c1-13(23-2)15-6-4-7-16(12-15)20-18(22)19-10-9-14-5-3-8-17(21)11-14/h3-8,11-13,21H,9-10H2,1-2H3,(H2,19,20,22)/t13-/m0/s1. The summed E-state index contributed by atoms with van der Waals surface area (Å²) in [5.41, 5.74) is 2.70. The number of carbonyl (C=O) groups excluding carboxylic acids is 1. The Morgan fingerprint density at radius 3 is 2.74 bits per heavy atom. The van der Waals surface area contributed by atoms with Crippen LogP contribution in [0.4, 0.5) is 10.5 Å². The Bertz CT molecular complexity index is 658. The van der Waals surface area contributed by atoms with Crippen molar-refractivity contribution < 1.29 is 14.6 Å². The highest BCUT2D eigenvalue weighted by molar-refractivity contribution is 5.89. The van der Waals surface area contributed by atoms with E-state index in [1.807, 2.05) is 37.3 Å². The molecule has 23 heavy (non-hydrogen) atoms. The van der Waals surface area contributed by atoms with Gasteiger partial charge in [0.05, 0.1) is 6.10 Å². The number of nitrogens with one attached hydrogen (secondary N) is 2. The fourth-order valence-corrected chi connectivity index (χ4v) is 2.21. The van der Waals surface area contributed by atoms with Crippen LogP contribution in [0.15, 0.2) is 48.5 Å². The maximum absolute atomic E-state index is 11.9. The highest BCUT2D eigenvalue weighted by Crippen LogP contribution is 2.19. The van der Waals surface area contributed by atoms with Crippen LogP contribution in [0.25, 0.3) is 0 Å². The van der Waals surface area contributed by atoms with Crippen molar-refractivity contribution in [2.24, 2.45) is 0 Å². The van der Waals surface area contributed by atoms with Gasteiger partial charge in [-0.15, -0.1) is 0 Å². The summed E-state index contributed by atoms with van der Waals surface area (Å²) in [7, 11) is 1.65. The number of aromatic hydroxyl groups is 1. The second-order valence-electron chi connectivity index (χ2n) is 5.30. The van der Waals surface area contributed by atoms with Gasteiger partial charge in [0.25, 0.3) is 0 Å². The fraction of sp³-hybridized carbons (Fsp3) is 0.278. The zero-order valence-corrected chi connectivity index (χ0v) is 13.4. The molecule has 5 nitrogen and oxygen atoms in total. The Morgan fingerprint density at radius 2 is 2.00 bits per heavy atom. The minimum atomic E-state index is -0.257. The second-order valence-corrected chi connectivity index (χ2v) is 5.30. The first-order valence-corrected chi connectivity index (χ1v) is 7.54. The lowest BCUT2D eigenvalue weighted by Crippen LogP contribution is -2.30. The third kappa shape index (κ3) is 5.30. The number of hydrogen-bond donors (Lipinski definition) is 3. The molecule has 0 aliphatic heterocycles. The van der Waals surface area contributed by atoms with E-state index in [1.54, 1.807) is 25.3 Å². The first kappa shape index (κ1) is 16.8. The van der Waals surface area contributed by atoms with Crippen molar-refractivity contribution in [2.75, 3.05) is 19.0 Å². The number of hydrogen-bond acceptors (Lipinski definition) is 3. The van der Waals surface area contributed by atoms with Crippen molar-refractivity contribution >= 4 is 11.7 Å². The van der Waals surface area contributed by atoms with Gasteiger partial charge in [-0.05, 0) is 48.7 Å². The number of urea groups is 1. The smallest absolute Gasteiger partial charge is 0.319 e. The Labute approximate surface area is 136 Å². The van der Waals surface area contributed by atoms with Gasteiger partial charge in [-0.1, -0.05) is 24.3 Å². The van der Waals surface area contributed by atoms with E-state index in [4.69, 9.17) is 4.74 Å². The lowest BCUT2D eigenvalue weighted by molar-refractivity contribution is 0.119. The monoisotopic (exact) mass is 314 g/mol. The molecule has 0 unspecified atom stereocenters. The number of benzene rings is 2. The average Bonchev–Trinajstić information content (AvgIpc) is 2.54. The maximum Gasteiger partial charge on any atom is 0.319 e. The number of carbonyl (C=O) groups is 1. The third-order valence-electron chi connectivity index (χ3n) is 3.58. The highest BCUT2D eigenvalue weighted by atomic mass is 16.5. The zero-order valence-electron chi connectivity index (χ0n) is 13.4. The van der Waals surface area contributed by atoms with Crippen LogP contribution in [0.1, 0.15) is 24.2 Å². The van der Waals surface area contributed by atoms with Gasteiger partial charge < -0.3 is 20.5 Å². The van der Waals surface area contributed by atoms with E-state index in [-0.39, 0.29) is 17.9 Å². The molecule has 5 heteroatoms. The van der Waals surface area contributed by atoms with Gasteiger partial charge in [-0.2, -0.15) is 0 Å². The van der Waals surface area contributed by atoms with E-state index in [9.17, 15) is 9.90 Å². The highest BCUT2D eigenvalue weighted by Gasteiger charge is 2.06. The van der Waals surface area contributed by atoms with Crippen LogP contribution < -0.4 is 10.6 Å². The number of anilines is 1. The number of ether oxygens (including phenoxy) is 1. The molecule has 0 aromatic heterocycles. The number of phenols is 1. The summed E-state index contributed by atoms with van der Waals surface area (Å²) in [6.45, 7) is 2.44. The van der Waals surface area contributed by atoms with Gasteiger partial charge in [-0.3, -0.25) is 0 Å². The van der Waals surface area contributed by atoms with E-state index < -0.39 is 0 Å². The van der Waals surface area contributed by atoms with Crippen LogP contribution in [0.2, 0.25) is 0 Å². The van der Waals surface area contributed by atoms with Crippen molar-refractivity contribution in [3.63, 3.8) is 0 Å². The van der Waals surface area contributed by atoms with Crippen molar-refractivity contribution in [3.05, 3.63) is 59.7 Å². The van der Waals surface area contributed by atoms with Gasteiger partial charge in [0.15, 0.2) is 0 Å². The molecule has 0 heterocycles. The number of rotatable bonds is 6. The number of phenolic OH excluding ortho intramolecular Hbond substituents is 1. The third-order valence-corrected chi connectivity index (χ3v) is 3.58. The van der Waals surface area contributed by atoms with Crippen LogP contribution in [0.5, 0.6) is 5.75 Å². The summed E-state index contributed by atoms with van der Waals surface area (Å²) < 4.78 is 5.27. The molecule has 2 aromatic rings. The molecule has 122 valence electrons. The molecule has 0 saturated heterocycles. The van der Waals surface area contributed by atoms with Crippen LogP contribution >= 0.6 is 0 Å². The molecule has 2 rings (SSSR count). The molecule has 3 N–H and O–H groups in total. The van der Waals surface area contributed by atoms with E-state index in [2.05, 4.69) is 10.6 Å². The summed E-state index contributed by atoms with van der Waals surface area (Å²) >= 11 is 0. The Morgan fingerprint density at radius 1 is 1.22 bits per heavy atom. The molecule has 1 atom stereocenters. The van der Waals surface area contributed by atoms with E-state index in [0.29, 0.717) is 13.0 Å². The molecular weight excluding hydrogens is 292 g/mol. The molecule has 2 aromatic carbocycles. The predicted octanol–water partition coefficient (Wildman–Crippen LogP) is 3.46. The fourth-order valence-electron chi connectivity index (χ4n) is 2.21. The minimum Gasteiger partial charge on any atom is -0.508 e. The molecule has 0 bridgehead atoms. The zero-order chi connectivity index (χ0) is 16.7. The first-order chi connectivity index (χ1) is 11.1. The lowest BCUT2D eigenvalue weighted by atomic mass is 10.1. The number of methoxy groups -OCH3 is 1. The SMILES string of the molecule is CO[C@@H](C)c1cccc(NC(=O)NCCc2cccc(O)c2)c1. The molecule has 0 aliphatic carbocycles. The van der Waals surface area contributed by atoms with Gasteiger partial charge in [-0.25, -0.2) is 4.79 Å². The Hall–Kier alpha value is -2.53. The van der Waals surface area contributed by atoms with Crippen LogP contribution in [-0.2, 0) is 11.2 Å². The van der Waals surface area contributed by atoms with Gasteiger partial charge in [0.1, 0.15) is 5.75 Å². The molecule has 0 saturated carbocycles. The van der Waals surface area contributed by atoms with Crippen molar-refractivity contribution in [2.45, 2.75) is 19.4 Å². The summed E-state index contributed by atoms with van der Waals surface area (Å²) in [5.74, 6) is 0.232. The van der Waals surface area contributed by atoms with Crippen molar-refractivity contribution in [1.82, 2.24) is 5.32 Å². The van der Waals surface area contributed by atoms with Crippen LogP contribution in [-0.4, -0.2) is 24.8 Å². The van der Waals surface area contributed by atoms with Gasteiger partial charge in [0.2, 0.25) is 0 Å². The summed E-state index contributed by atoms with van der Waals surface area (Å²) in [6, 6.07) is 14.3. The molecule has 2 amide bonds. The largest absolute Gasteiger partial charge is 0.508 e. The van der Waals surface area contributed by atoms with E-state index in [1.165, 1.54) is 0 Å². The van der Waals surface area contributed by atoms with Gasteiger partial charge >= 0.3 is 6.03 Å². The molecule has 0 spiro atoms. The number of amides is 2. The van der Waals surface area contributed by atoms with Crippen LogP contribution in [0.3, 0.4) is 0 Å². The molecule has 0 fully saturated rings. The van der Waals surface area contributed by atoms with Gasteiger partial charge in [0, 0.05) is 19.3 Å². The summed E-state index contributed by atoms with van der Waals surface area (Å²) in [5, 5.41) is 15.0. The lowest BCUT2D eigenvalue weighted by Gasteiger charge is -2.12. The average molecular weight is 314 g/mol. The van der Waals surface area contributed by atoms with Crippen LogP contribution in [0, 0.1) is 0 Å². The van der Waals surface area contributed by atoms with Crippen molar-refractivity contribution in [3.8, 4) is 5.75 Å². The minimum absolute atomic E-state index is 0.0226. The predicted molar refractivity (Wildman–Crippen MR) is 90.7 cm³/mol. The second kappa shape index (κ2) is 8.19. The van der Waals surface area contributed by atoms with E-state index in [0.717, 1.165) is 16.8 Å². The Balaban J connectivity index is 1.83. The normalized spacial score (nSPS) is 11.7. The van der Waals surface area contributed by atoms with Crippen molar-refractivity contribution in [1.29, 1.82) is 0 Å². The summed E-state index contributed by atoms with van der Waals surface area (Å²) in [6.07, 6.45) is 0.633.